The largest absolute Gasteiger partial charge is 0.497 e. The topological polar surface area (TPSA) is 69.3 Å². The molecule has 0 fully saturated rings. The number of ether oxygens (including phenoxy) is 1. The van der Waals surface area contributed by atoms with Crippen molar-refractivity contribution in [2.24, 2.45) is 12.8 Å². The molecule has 1 aliphatic heterocycles. The number of aromatic nitrogens is 1. The Morgan fingerprint density at radius 3 is 3.00 bits per heavy atom. The Labute approximate surface area is 117 Å². The van der Waals surface area contributed by atoms with Crippen LogP contribution in [0.2, 0.25) is 0 Å². The zero-order valence-corrected chi connectivity index (χ0v) is 11.6. The van der Waals surface area contributed by atoms with Crippen LogP contribution in [0.15, 0.2) is 24.3 Å². The molecule has 5 heteroatoms. The van der Waals surface area contributed by atoms with E-state index >= 15 is 0 Å². The van der Waals surface area contributed by atoms with E-state index in [1.54, 1.807) is 7.11 Å². The average Bonchev–Trinajstić information content (AvgIpc) is 2.72. The number of nitrogens with zero attached hydrogens (tertiary/aromatic N) is 1. The normalized spacial score (nSPS) is 16.0. The van der Waals surface area contributed by atoms with E-state index in [2.05, 4.69) is 9.88 Å². The fourth-order valence-electron chi connectivity index (χ4n) is 2.89. The molecular weight excluding hydrogens is 254 g/mol. The number of hydrogen-bond acceptors (Lipinski definition) is 3. The molecule has 20 heavy (non-hydrogen) atoms. The van der Waals surface area contributed by atoms with Crippen LogP contribution < -0.4 is 15.8 Å². The van der Waals surface area contributed by atoms with Crippen LogP contribution in [-0.2, 0) is 18.3 Å². The minimum Gasteiger partial charge on any atom is -0.497 e. The van der Waals surface area contributed by atoms with Crippen molar-refractivity contribution in [1.29, 1.82) is 0 Å². The van der Waals surface area contributed by atoms with Crippen molar-refractivity contribution in [3.8, 4) is 5.75 Å². The summed E-state index contributed by atoms with van der Waals surface area (Å²) in [5.74, 6) is 0.396. The van der Waals surface area contributed by atoms with Crippen molar-refractivity contribution in [3.63, 3.8) is 0 Å². The Kier molecular flexibility index (Phi) is 2.89. The predicted molar refractivity (Wildman–Crippen MR) is 78.3 cm³/mol. The van der Waals surface area contributed by atoms with E-state index in [1.165, 1.54) is 17.0 Å². The summed E-state index contributed by atoms with van der Waals surface area (Å²) < 4.78 is 7.39. The number of nitrogens with two attached hydrogens (primary N) is 1. The lowest BCUT2D eigenvalue weighted by Gasteiger charge is -2.19. The summed E-state index contributed by atoms with van der Waals surface area (Å²) in [6.45, 7) is 0.794. The smallest absolute Gasteiger partial charge is 0.243 e. The zero-order chi connectivity index (χ0) is 14.3. The minimum absolute atomic E-state index is 0.441. The lowest BCUT2D eigenvalue weighted by Crippen LogP contribution is -2.25. The van der Waals surface area contributed by atoms with Crippen LogP contribution in [0.4, 0.5) is 0 Å². The van der Waals surface area contributed by atoms with E-state index in [0.717, 1.165) is 35.6 Å². The van der Waals surface area contributed by atoms with Gasteiger partial charge in [0, 0.05) is 30.6 Å². The standard InChI is InChI=1S/C15H17N3O2/c1-18-13-4-3-9(20-2)7-11(13)10-5-6-17-12(15(10)18)8-14(16)19/h3-4,7-8,17H,5-6H2,1-2H3,(H2,16,19)/b12-8-. The molecule has 1 aromatic carbocycles. The van der Waals surface area contributed by atoms with Crippen molar-refractivity contribution in [3.05, 3.63) is 35.5 Å². The maximum atomic E-state index is 11.2. The average molecular weight is 271 g/mol. The van der Waals surface area contributed by atoms with Crippen molar-refractivity contribution in [2.75, 3.05) is 13.7 Å². The highest BCUT2D eigenvalue weighted by Crippen LogP contribution is 2.33. The number of methoxy groups -OCH3 is 1. The van der Waals surface area contributed by atoms with Gasteiger partial charge in [0.05, 0.1) is 18.5 Å². The predicted octanol–water partition coefficient (Wildman–Crippen LogP) is 1.16. The third kappa shape index (κ3) is 1.82. The molecule has 0 spiro atoms. The highest BCUT2D eigenvalue weighted by Gasteiger charge is 2.22. The molecule has 0 radical (unpaired) electrons. The van der Waals surface area contributed by atoms with Gasteiger partial charge in [0.15, 0.2) is 0 Å². The van der Waals surface area contributed by atoms with Crippen LogP contribution in [0.25, 0.3) is 16.6 Å². The van der Waals surface area contributed by atoms with Crippen LogP contribution in [0.1, 0.15) is 11.3 Å². The van der Waals surface area contributed by atoms with Gasteiger partial charge in [0.1, 0.15) is 5.75 Å². The number of rotatable bonds is 2. The lowest BCUT2D eigenvalue weighted by atomic mass is 10.0. The van der Waals surface area contributed by atoms with Gasteiger partial charge in [-0.15, -0.1) is 0 Å². The summed E-state index contributed by atoms with van der Waals surface area (Å²) in [4.78, 5) is 11.2. The summed E-state index contributed by atoms with van der Waals surface area (Å²) in [6, 6.07) is 6.02. The number of benzene rings is 1. The number of carbonyl (C=O) groups is 1. The molecule has 0 bridgehead atoms. The van der Waals surface area contributed by atoms with Crippen molar-refractivity contribution in [2.45, 2.75) is 6.42 Å². The third-order valence-corrected chi connectivity index (χ3v) is 3.74. The number of nitrogens with one attached hydrogen (secondary N) is 1. The van der Waals surface area contributed by atoms with Gasteiger partial charge in [0.25, 0.3) is 0 Å². The fourth-order valence-corrected chi connectivity index (χ4v) is 2.89. The molecule has 3 rings (SSSR count). The molecule has 1 amide bonds. The lowest BCUT2D eigenvalue weighted by molar-refractivity contribution is -0.113. The van der Waals surface area contributed by atoms with Crippen LogP contribution >= 0.6 is 0 Å². The summed E-state index contributed by atoms with van der Waals surface area (Å²) in [5.41, 5.74) is 9.45. The number of primary amides is 1. The van der Waals surface area contributed by atoms with E-state index in [0.29, 0.717) is 0 Å². The number of amides is 1. The van der Waals surface area contributed by atoms with E-state index in [9.17, 15) is 4.79 Å². The van der Waals surface area contributed by atoms with E-state index in [4.69, 9.17) is 10.5 Å². The molecule has 5 nitrogen and oxygen atoms in total. The second kappa shape index (κ2) is 4.59. The SMILES string of the molecule is COc1ccc2c(c1)c1c(n2C)/C(=C/C(N)=O)NCC1. The molecule has 0 atom stereocenters. The van der Waals surface area contributed by atoms with Gasteiger partial charge >= 0.3 is 0 Å². The van der Waals surface area contributed by atoms with Gasteiger partial charge < -0.3 is 20.4 Å². The number of aryl methyl sites for hydroxylation is 1. The highest BCUT2D eigenvalue weighted by atomic mass is 16.5. The molecule has 1 aromatic heterocycles. The van der Waals surface area contributed by atoms with Crippen molar-refractivity contribution >= 4 is 22.5 Å². The molecule has 2 heterocycles. The quantitative estimate of drug-likeness (QED) is 0.805. The summed E-state index contributed by atoms with van der Waals surface area (Å²) in [6.07, 6.45) is 2.37. The minimum atomic E-state index is -0.441. The molecule has 1 aliphatic rings. The van der Waals surface area contributed by atoms with Crippen molar-refractivity contribution in [1.82, 2.24) is 9.88 Å². The van der Waals surface area contributed by atoms with E-state index in [-0.39, 0.29) is 0 Å². The molecule has 0 unspecified atom stereocenters. The maximum absolute atomic E-state index is 11.2. The molecule has 0 saturated heterocycles. The Morgan fingerprint density at radius 2 is 2.30 bits per heavy atom. The first-order chi connectivity index (χ1) is 9.61. The molecule has 3 N–H and O–H groups in total. The maximum Gasteiger partial charge on any atom is 0.243 e. The first-order valence-corrected chi connectivity index (χ1v) is 6.52. The van der Waals surface area contributed by atoms with Gasteiger partial charge in [-0.05, 0) is 30.2 Å². The molecule has 104 valence electrons. The van der Waals surface area contributed by atoms with Crippen LogP contribution in [0.3, 0.4) is 0 Å². The second-order valence-corrected chi connectivity index (χ2v) is 4.91. The zero-order valence-electron chi connectivity index (χ0n) is 11.6. The third-order valence-electron chi connectivity index (χ3n) is 3.74. The monoisotopic (exact) mass is 271 g/mol. The van der Waals surface area contributed by atoms with Crippen LogP contribution in [0, 0.1) is 0 Å². The Morgan fingerprint density at radius 1 is 1.50 bits per heavy atom. The molecule has 0 saturated carbocycles. The number of hydrogen-bond donors (Lipinski definition) is 2. The summed E-state index contributed by atoms with van der Waals surface area (Å²) >= 11 is 0. The molecular formula is C15H17N3O2. The van der Waals surface area contributed by atoms with Gasteiger partial charge in [-0.25, -0.2) is 0 Å². The Bertz CT molecular complexity index is 728. The highest BCUT2D eigenvalue weighted by molar-refractivity contribution is 5.97. The number of carbonyl (C=O) groups excluding carboxylic acids is 1. The number of fused-ring (bicyclic) bond motifs is 3. The van der Waals surface area contributed by atoms with E-state index < -0.39 is 5.91 Å². The first kappa shape index (κ1) is 12.6. The van der Waals surface area contributed by atoms with Gasteiger partial charge in [0.2, 0.25) is 5.91 Å². The first-order valence-electron chi connectivity index (χ1n) is 6.52. The van der Waals surface area contributed by atoms with Gasteiger partial charge in [-0.3, -0.25) is 4.79 Å². The van der Waals surface area contributed by atoms with Gasteiger partial charge in [-0.1, -0.05) is 0 Å². The van der Waals surface area contributed by atoms with E-state index in [1.807, 2.05) is 25.2 Å². The molecule has 2 aromatic rings. The van der Waals surface area contributed by atoms with Gasteiger partial charge in [-0.2, -0.15) is 0 Å². The van der Waals surface area contributed by atoms with Crippen LogP contribution in [-0.4, -0.2) is 24.1 Å². The van der Waals surface area contributed by atoms with Crippen molar-refractivity contribution < 1.29 is 9.53 Å². The summed E-state index contributed by atoms with van der Waals surface area (Å²) in [5, 5.41) is 4.41. The summed E-state index contributed by atoms with van der Waals surface area (Å²) in [7, 11) is 3.66. The fraction of sp³-hybridized carbons (Fsp3) is 0.267. The second-order valence-electron chi connectivity index (χ2n) is 4.91. The Balaban J connectivity index is 2.30. The van der Waals surface area contributed by atoms with Crippen LogP contribution in [0.5, 0.6) is 5.75 Å². The Hall–Kier alpha value is -2.43. The molecule has 0 aliphatic carbocycles.